The number of fused-ring (bicyclic) bond motifs is 3. The van der Waals surface area contributed by atoms with Crippen LogP contribution in [0.15, 0.2) is 66.7 Å². The molecule has 0 saturated heterocycles. The van der Waals surface area contributed by atoms with E-state index in [0.29, 0.717) is 0 Å². The smallest absolute Gasteiger partial charge is 1.00 e. The third-order valence-corrected chi connectivity index (χ3v) is 4.88. The van der Waals surface area contributed by atoms with E-state index in [-0.39, 0.29) is 52.1 Å². The SMILES string of the molecule is CC(C)(C)[N-]Cc1ccccc1-c1cccc2c1Cc1ccccc1-2.[Cl-].[Cl-].[Ti+3]. The normalized spacial score (nSPS) is 11.4. The second kappa shape index (κ2) is 10.1. The van der Waals surface area contributed by atoms with Crippen molar-refractivity contribution < 1.29 is 46.5 Å². The molecular weight excluding hydrogens is 421 g/mol. The molecule has 0 aromatic heterocycles. The molecule has 0 saturated carbocycles. The van der Waals surface area contributed by atoms with Crippen molar-refractivity contribution in [3.63, 3.8) is 0 Å². The van der Waals surface area contributed by atoms with Gasteiger partial charge in [-0.15, -0.1) is 12.1 Å². The van der Waals surface area contributed by atoms with Crippen LogP contribution in [0, 0.1) is 0 Å². The van der Waals surface area contributed by atoms with Gasteiger partial charge in [0.2, 0.25) is 0 Å². The van der Waals surface area contributed by atoms with E-state index in [1.807, 2.05) is 0 Å². The molecule has 4 heteroatoms. The summed E-state index contributed by atoms with van der Waals surface area (Å²) < 4.78 is 0. The average Bonchev–Trinajstić information content (AvgIpc) is 2.98. The molecule has 3 aromatic carbocycles. The molecule has 1 aliphatic carbocycles. The minimum absolute atomic E-state index is 0. The minimum atomic E-state index is -0.0119. The number of hydrogen-bond acceptors (Lipinski definition) is 0. The van der Waals surface area contributed by atoms with Gasteiger partial charge in [-0.2, -0.15) is 0 Å². The Bertz CT molecular complexity index is 932. The Morgan fingerprint density at radius 1 is 0.714 bits per heavy atom. The van der Waals surface area contributed by atoms with Gasteiger partial charge in [0.05, 0.1) is 0 Å². The predicted octanol–water partition coefficient (Wildman–Crippen LogP) is 0.603. The van der Waals surface area contributed by atoms with Crippen LogP contribution in [-0.2, 0) is 34.7 Å². The molecule has 0 unspecified atom stereocenters. The zero-order valence-electron chi connectivity index (χ0n) is 16.5. The Balaban J connectivity index is 0.00000131. The van der Waals surface area contributed by atoms with E-state index >= 15 is 0 Å². The molecule has 1 radical (unpaired) electrons. The summed E-state index contributed by atoms with van der Waals surface area (Å²) in [5.74, 6) is 0. The van der Waals surface area contributed by atoms with Gasteiger partial charge in [0.1, 0.15) is 0 Å². The summed E-state index contributed by atoms with van der Waals surface area (Å²) in [7, 11) is 0. The van der Waals surface area contributed by atoms with E-state index in [4.69, 9.17) is 5.32 Å². The Kier molecular flexibility index (Phi) is 9.00. The number of halogens is 2. The van der Waals surface area contributed by atoms with E-state index in [9.17, 15) is 0 Å². The maximum Gasteiger partial charge on any atom is 3.00 e. The number of hydrogen-bond donors (Lipinski definition) is 0. The molecule has 143 valence electrons. The van der Waals surface area contributed by atoms with Crippen molar-refractivity contribution >= 4 is 0 Å². The first kappa shape index (κ1) is 25.0. The molecule has 3 aromatic rings. The van der Waals surface area contributed by atoms with Gasteiger partial charge >= 0.3 is 21.7 Å². The predicted molar refractivity (Wildman–Crippen MR) is 107 cm³/mol. The van der Waals surface area contributed by atoms with Gasteiger partial charge in [0.25, 0.3) is 0 Å². The van der Waals surface area contributed by atoms with Crippen molar-refractivity contribution in [2.24, 2.45) is 0 Å². The second-order valence-corrected chi connectivity index (χ2v) is 7.81. The molecule has 0 N–H and O–H groups in total. The van der Waals surface area contributed by atoms with Crippen LogP contribution in [0.4, 0.5) is 0 Å². The number of benzene rings is 3. The molecule has 1 nitrogen and oxygen atoms in total. The summed E-state index contributed by atoms with van der Waals surface area (Å²) in [4.78, 5) is 0. The fraction of sp³-hybridized carbons (Fsp3) is 0.250. The van der Waals surface area contributed by atoms with Gasteiger partial charge in [0, 0.05) is 0 Å². The van der Waals surface area contributed by atoms with E-state index in [0.717, 1.165) is 13.0 Å². The molecule has 4 rings (SSSR count). The Morgan fingerprint density at radius 2 is 1.25 bits per heavy atom. The zero-order chi connectivity index (χ0) is 17.4. The summed E-state index contributed by atoms with van der Waals surface area (Å²) in [5, 5.41) is 4.85. The Hall–Kier alpha value is -1.09. The van der Waals surface area contributed by atoms with Crippen LogP contribution >= 0.6 is 0 Å². The summed E-state index contributed by atoms with van der Waals surface area (Å²) in [6.45, 7) is 7.24. The van der Waals surface area contributed by atoms with Crippen LogP contribution in [0.1, 0.15) is 37.5 Å². The third-order valence-electron chi connectivity index (χ3n) is 4.88. The van der Waals surface area contributed by atoms with E-state index in [1.54, 1.807) is 0 Å². The summed E-state index contributed by atoms with van der Waals surface area (Å²) in [5.41, 5.74) is 9.62. The maximum atomic E-state index is 4.85. The second-order valence-electron chi connectivity index (χ2n) is 7.81. The van der Waals surface area contributed by atoms with Gasteiger partial charge in [-0.1, -0.05) is 93.1 Å². The fourth-order valence-corrected chi connectivity index (χ4v) is 3.65. The van der Waals surface area contributed by atoms with Crippen LogP contribution in [0.25, 0.3) is 27.6 Å². The van der Waals surface area contributed by atoms with Gasteiger partial charge < -0.3 is 30.1 Å². The van der Waals surface area contributed by atoms with Gasteiger partial charge in [-0.05, 0) is 39.8 Å². The summed E-state index contributed by atoms with van der Waals surface area (Å²) in [6.07, 6.45) is 1.02. The molecule has 0 bridgehead atoms. The first-order valence-electron chi connectivity index (χ1n) is 9.00. The van der Waals surface area contributed by atoms with Crippen LogP contribution in [0.5, 0.6) is 0 Å². The van der Waals surface area contributed by atoms with E-state index < -0.39 is 0 Å². The Morgan fingerprint density at radius 3 is 1.93 bits per heavy atom. The third kappa shape index (κ3) is 5.09. The fourth-order valence-electron chi connectivity index (χ4n) is 3.65. The number of rotatable bonds is 3. The average molecular weight is 445 g/mol. The first-order valence-corrected chi connectivity index (χ1v) is 9.00. The van der Waals surface area contributed by atoms with Crippen LogP contribution in [-0.4, -0.2) is 5.54 Å². The molecule has 0 heterocycles. The monoisotopic (exact) mass is 444 g/mol. The van der Waals surface area contributed by atoms with Crippen molar-refractivity contribution in [3.8, 4) is 22.3 Å². The maximum absolute atomic E-state index is 4.85. The number of nitrogens with zero attached hydrogens (tertiary/aromatic N) is 1. The Labute approximate surface area is 196 Å². The van der Waals surface area contributed by atoms with Gasteiger partial charge in [-0.3, -0.25) is 0 Å². The molecule has 28 heavy (non-hydrogen) atoms. The van der Waals surface area contributed by atoms with E-state index in [1.165, 1.54) is 38.9 Å². The summed E-state index contributed by atoms with van der Waals surface area (Å²) >= 11 is 0. The molecule has 0 amide bonds. The van der Waals surface area contributed by atoms with Crippen molar-refractivity contribution in [1.82, 2.24) is 0 Å². The summed E-state index contributed by atoms with van der Waals surface area (Å²) in [6, 6.07) is 24.2. The van der Waals surface area contributed by atoms with Crippen LogP contribution < -0.4 is 24.8 Å². The van der Waals surface area contributed by atoms with Crippen LogP contribution in [0.3, 0.4) is 0 Å². The molecule has 0 aliphatic heterocycles. The molecule has 0 spiro atoms. The zero-order valence-corrected chi connectivity index (χ0v) is 19.5. The molecule has 0 fully saturated rings. The molecule has 1 aliphatic rings. The van der Waals surface area contributed by atoms with Crippen LogP contribution in [0.2, 0.25) is 0 Å². The topological polar surface area (TPSA) is 14.1 Å². The van der Waals surface area contributed by atoms with Crippen molar-refractivity contribution in [2.75, 3.05) is 0 Å². The molecular formula is C24H24Cl2NTi. The van der Waals surface area contributed by atoms with Crippen molar-refractivity contribution in [1.29, 1.82) is 0 Å². The van der Waals surface area contributed by atoms with Crippen molar-refractivity contribution in [3.05, 3.63) is 88.7 Å². The quantitative estimate of drug-likeness (QED) is 0.411. The van der Waals surface area contributed by atoms with Gasteiger partial charge in [-0.25, -0.2) is 0 Å². The van der Waals surface area contributed by atoms with E-state index in [2.05, 4.69) is 87.5 Å². The standard InChI is InChI=1S/C24H24N.2ClH.Ti/c1-24(2,3)25-16-18-10-5-7-12-20(18)22-14-8-13-21-19-11-6-4-9-17(19)15-23(21)22;;;/h4-14H,15-16H2,1-3H3;2*1H;/q-1;;;+3/p-2. The largest absolute Gasteiger partial charge is 3.00 e. The first-order chi connectivity index (χ1) is 12.0. The molecule has 0 atom stereocenters. The van der Waals surface area contributed by atoms with Gasteiger partial charge in [0.15, 0.2) is 0 Å². The van der Waals surface area contributed by atoms with Crippen molar-refractivity contribution in [2.45, 2.75) is 39.3 Å². The minimum Gasteiger partial charge on any atom is -1.00 e.